The second-order valence-electron chi connectivity index (χ2n) is 7.16. The van der Waals surface area contributed by atoms with Crippen LogP contribution in [0.5, 0.6) is 0 Å². The first-order valence-corrected chi connectivity index (χ1v) is 8.89. The van der Waals surface area contributed by atoms with Gasteiger partial charge in [0.25, 0.3) is 0 Å². The predicted octanol–water partition coefficient (Wildman–Crippen LogP) is 2.81. The van der Waals surface area contributed by atoms with Crippen molar-refractivity contribution in [3.8, 4) is 0 Å². The lowest BCUT2D eigenvalue weighted by Crippen LogP contribution is -2.46. The minimum Gasteiger partial charge on any atom is -0.341 e. The summed E-state index contributed by atoms with van der Waals surface area (Å²) in [5.74, 6) is 1.83. The number of amides is 1. The molecule has 142 valence electrons. The van der Waals surface area contributed by atoms with Crippen LogP contribution in [-0.2, 0) is 11.3 Å². The number of fused-ring (bicyclic) bond motifs is 1. The van der Waals surface area contributed by atoms with E-state index >= 15 is 0 Å². The van der Waals surface area contributed by atoms with E-state index in [0.29, 0.717) is 0 Å². The molecule has 1 aromatic carbocycles. The first-order valence-electron chi connectivity index (χ1n) is 8.89. The molecule has 0 radical (unpaired) electrons. The van der Waals surface area contributed by atoms with Crippen LogP contribution in [0.15, 0.2) is 30.3 Å². The van der Waals surface area contributed by atoms with Gasteiger partial charge in [-0.3, -0.25) is 9.69 Å². The zero-order valence-corrected chi connectivity index (χ0v) is 16.8. The molecule has 2 fully saturated rings. The molecule has 3 atom stereocenters. The Kier molecular flexibility index (Phi) is 9.22. The summed E-state index contributed by atoms with van der Waals surface area (Å²) in [4.78, 5) is 17.1. The standard InChI is InChI=1S/C19H29N3O.2ClH/c1-15(21(2)14-16-6-4-3-5-7-16)19(23)22-10-8-17-12-20-13-18(17)9-11-22;;/h3-7,15,17-18,20H,8-14H2,1-2H3;2*1H/t15?,17-,18+;;. The molecular weight excluding hydrogens is 357 g/mol. The van der Waals surface area contributed by atoms with Gasteiger partial charge in [0.2, 0.25) is 5.91 Å². The molecule has 0 spiro atoms. The number of carbonyl (C=O) groups is 1. The summed E-state index contributed by atoms with van der Waals surface area (Å²) < 4.78 is 0. The Balaban J connectivity index is 0.00000156. The van der Waals surface area contributed by atoms with Crippen molar-refractivity contribution in [3.63, 3.8) is 0 Å². The number of likely N-dealkylation sites (N-methyl/N-ethyl adjacent to an activating group) is 1. The molecule has 0 aromatic heterocycles. The molecule has 6 heteroatoms. The van der Waals surface area contributed by atoms with Crippen LogP contribution >= 0.6 is 24.8 Å². The summed E-state index contributed by atoms with van der Waals surface area (Å²) >= 11 is 0. The molecule has 1 aromatic rings. The summed E-state index contributed by atoms with van der Waals surface area (Å²) in [7, 11) is 2.05. The largest absolute Gasteiger partial charge is 0.341 e. The second kappa shape index (κ2) is 10.4. The Labute approximate surface area is 164 Å². The molecule has 4 nitrogen and oxygen atoms in total. The minimum atomic E-state index is -0.0636. The zero-order chi connectivity index (χ0) is 16.2. The number of benzene rings is 1. The molecule has 0 aliphatic carbocycles. The average Bonchev–Trinajstić information content (AvgIpc) is 2.93. The second-order valence-corrected chi connectivity index (χ2v) is 7.16. The van der Waals surface area contributed by atoms with Crippen LogP contribution in [0.3, 0.4) is 0 Å². The lowest BCUT2D eigenvalue weighted by atomic mass is 9.92. The van der Waals surface area contributed by atoms with Crippen LogP contribution in [-0.4, -0.2) is 55.0 Å². The van der Waals surface area contributed by atoms with Crippen LogP contribution < -0.4 is 5.32 Å². The Morgan fingerprint density at radius 2 is 1.72 bits per heavy atom. The molecule has 0 saturated carbocycles. The van der Waals surface area contributed by atoms with Gasteiger partial charge in [0.15, 0.2) is 0 Å². The van der Waals surface area contributed by atoms with Gasteiger partial charge in [-0.2, -0.15) is 0 Å². The zero-order valence-electron chi connectivity index (χ0n) is 15.2. The maximum absolute atomic E-state index is 12.9. The Hall–Kier alpha value is -0.810. The first kappa shape index (κ1) is 22.2. The molecule has 0 bridgehead atoms. The highest BCUT2D eigenvalue weighted by molar-refractivity contribution is 5.85. The Bertz CT molecular complexity index is 515. The van der Waals surface area contributed by atoms with Gasteiger partial charge in [-0.05, 0) is 57.3 Å². The lowest BCUT2D eigenvalue weighted by Gasteiger charge is -2.30. The first-order chi connectivity index (χ1) is 11.1. The lowest BCUT2D eigenvalue weighted by molar-refractivity contribution is -0.136. The number of nitrogens with one attached hydrogen (secondary N) is 1. The van der Waals surface area contributed by atoms with E-state index in [-0.39, 0.29) is 36.8 Å². The molecule has 2 saturated heterocycles. The molecule has 2 heterocycles. The van der Waals surface area contributed by atoms with E-state index in [0.717, 1.165) is 57.4 Å². The molecular formula is C19H31Cl2N3O. The normalized spacial score (nSPS) is 23.9. The van der Waals surface area contributed by atoms with E-state index in [2.05, 4.69) is 39.4 Å². The fourth-order valence-electron chi connectivity index (χ4n) is 3.90. The van der Waals surface area contributed by atoms with Crippen molar-refractivity contribution >= 4 is 30.7 Å². The molecule has 3 rings (SSSR count). The summed E-state index contributed by atoms with van der Waals surface area (Å²) in [6, 6.07) is 10.3. The highest BCUT2D eigenvalue weighted by atomic mass is 35.5. The minimum absolute atomic E-state index is 0. The van der Waals surface area contributed by atoms with E-state index in [9.17, 15) is 4.79 Å². The average molecular weight is 388 g/mol. The van der Waals surface area contributed by atoms with Gasteiger partial charge in [0.05, 0.1) is 6.04 Å². The van der Waals surface area contributed by atoms with E-state index in [1.807, 2.05) is 20.0 Å². The van der Waals surface area contributed by atoms with Gasteiger partial charge >= 0.3 is 0 Å². The van der Waals surface area contributed by atoms with Crippen LogP contribution in [0.25, 0.3) is 0 Å². The van der Waals surface area contributed by atoms with Crippen molar-refractivity contribution in [2.75, 3.05) is 33.2 Å². The van der Waals surface area contributed by atoms with Gasteiger partial charge in [-0.15, -0.1) is 24.8 Å². The molecule has 2 aliphatic rings. The van der Waals surface area contributed by atoms with Gasteiger partial charge < -0.3 is 10.2 Å². The SMILES string of the molecule is CC(C(=O)N1CC[C@@H]2CNC[C@@H]2CC1)N(C)Cc1ccccc1.Cl.Cl. The van der Waals surface area contributed by atoms with Crippen molar-refractivity contribution in [1.29, 1.82) is 0 Å². The van der Waals surface area contributed by atoms with Crippen molar-refractivity contribution < 1.29 is 4.79 Å². The third-order valence-corrected chi connectivity index (χ3v) is 5.62. The summed E-state index contributed by atoms with van der Waals surface area (Å²) in [5, 5.41) is 3.49. The highest BCUT2D eigenvalue weighted by Gasteiger charge is 2.33. The number of hydrogen-bond acceptors (Lipinski definition) is 3. The molecule has 25 heavy (non-hydrogen) atoms. The summed E-state index contributed by atoms with van der Waals surface area (Å²) in [6.07, 6.45) is 2.30. The topological polar surface area (TPSA) is 35.6 Å². The monoisotopic (exact) mass is 387 g/mol. The van der Waals surface area contributed by atoms with Crippen LogP contribution in [0.1, 0.15) is 25.3 Å². The van der Waals surface area contributed by atoms with Crippen molar-refractivity contribution in [1.82, 2.24) is 15.1 Å². The van der Waals surface area contributed by atoms with E-state index in [4.69, 9.17) is 0 Å². The number of carbonyl (C=O) groups excluding carboxylic acids is 1. The van der Waals surface area contributed by atoms with E-state index in [1.165, 1.54) is 5.56 Å². The molecule has 1 unspecified atom stereocenters. The van der Waals surface area contributed by atoms with Crippen molar-refractivity contribution in [3.05, 3.63) is 35.9 Å². The third kappa shape index (κ3) is 5.58. The molecule has 1 N–H and O–H groups in total. The van der Waals surface area contributed by atoms with Crippen molar-refractivity contribution in [2.45, 2.75) is 32.4 Å². The van der Waals surface area contributed by atoms with Gasteiger partial charge in [-0.25, -0.2) is 0 Å². The maximum Gasteiger partial charge on any atom is 0.239 e. The van der Waals surface area contributed by atoms with Crippen LogP contribution in [0, 0.1) is 11.8 Å². The van der Waals surface area contributed by atoms with Gasteiger partial charge in [0, 0.05) is 19.6 Å². The highest BCUT2D eigenvalue weighted by Crippen LogP contribution is 2.27. The van der Waals surface area contributed by atoms with E-state index in [1.54, 1.807) is 0 Å². The molecule has 2 aliphatic heterocycles. The quantitative estimate of drug-likeness (QED) is 0.862. The van der Waals surface area contributed by atoms with Crippen LogP contribution in [0.4, 0.5) is 0 Å². The third-order valence-electron chi connectivity index (χ3n) is 5.62. The van der Waals surface area contributed by atoms with Gasteiger partial charge in [0.1, 0.15) is 0 Å². The number of halogens is 2. The summed E-state index contributed by atoms with van der Waals surface area (Å²) in [6.45, 7) is 6.97. The van der Waals surface area contributed by atoms with Crippen LogP contribution in [0.2, 0.25) is 0 Å². The molecule has 1 amide bonds. The van der Waals surface area contributed by atoms with Gasteiger partial charge in [-0.1, -0.05) is 30.3 Å². The number of likely N-dealkylation sites (tertiary alicyclic amines) is 1. The fourth-order valence-corrected chi connectivity index (χ4v) is 3.90. The van der Waals surface area contributed by atoms with E-state index < -0.39 is 0 Å². The number of rotatable bonds is 4. The number of nitrogens with zero attached hydrogens (tertiary/aromatic N) is 2. The smallest absolute Gasteiger partial charge is 0.239 e. The Morgan fingerprint density at radius 1 is 1.16 bits per heavy atom. The summed E-state index contributed by atoms with van der Waals surface area (Å²) in [5.41, 5.74) is 1.26. The van der Waals surface area contributed by atoms with Crippen molar-refractivity contribution in [2.24, 2.45) is 11.8 Å². The Morgan fingerprint density at radius 3 is 2.28 bits per heavy atom. The number of hydrogen-bond donors (Lipinski definition) is 1. The maximum atomic E-state index is 12.9. The fraction of sp³-hybridized carbons (Fsp3) is 0.632. The predicted molar refractivity (Wildman–Crippen MR) is 108 cm³/mol.